The predicted octanol–water partition coefficient (Wildman–Crippen LogP) is 3.08. The molecule has 123 valence electrons. The molecule has 4 nitrogen and oxygen atoms in total. The average molecular weight is 313 g/mol. The van der Waals surface area contributed by atoms with E-state index < -0.39 is 0 Å². The zero-order valence-corrected chi connectivity index (χ0v) is 13.7. The summed E-state index contributed by atoms with van der Waals surface area (Å²) in [5.41, 5.74) is 3.80. The Morgan fingerprint density at radius 1 is 1.17 bits per heavy atom. The maximum absolute atomic E-state index is 5.41. The molecule has 0 saturated heterocycles. The molecule has 0 aromatic heterocycles. The molecule has 2 N–H and O–H groups in total. The first-order valence-corrected chi connectivity index (χ1v) is 7.92. The van der Waals surface area contributed by atoms with Crippen molar-refractivity contribution in [2.75, 3.05) is 20.0 Å². The maximum Gasteiger partial charge on any atom is 0.139 e. The summed E-state index contributed by atoms with van der Waals surface area (Å²) in [5.74, 6) is 1.03. The van der Waals surface area contributed by atoms with Gasteiger partial charge in [-0.1, -0.05) is 43.4 Å². The van der Waals surface area contributed by atoms with Crippen LogP contribution in [0.3, 0.4) is 0 Å². The second kappa shape index (κ2) is 9.87. The molecule has 0 unspecified atom stereocenters. The van der Waals surface area contributed by atoms with Crippen LogP contribution in [0, 0.1) is 6.92 Å². The molecule has 1 aromatic rings. The van der Waals surface area contributed by atoms with Crippen LogP contribution in [0.2, 0.25) is 0 Å². The lowest BCUT2D eigenvalue weighted by Gasteiger charge is -2.18. The number of rotatable bonds is 3. The quantitative estimate of drug-likeness (QED) is 0.842. The van der Waals surface area contributed by atoms with Gasteiger partial charge in [-0.15, -0.1) is 0 Å². The lowest BCUT2D eigenvalue weighted by molar-refractivity contribution is 0.208. The summed E-state index contributed by atoms with van der Waals surface area (Å²) in [6.45, 7) is 8.80. The zero-order chi connectivity index (χ0) is 16.3. The summed E-state index contributed by atoms with van der Waals surface area (Å²) in [5, 5.41) is 6.25. The largest absolute Gasteiger partial charge is 0.486 e. The number of fused-ring (bicyclic) bond motifs is 1. The summed E-state index contributed by atoms with van der Waals surface area (Å²) in [6, 6.07) is 6.40. The molecule has 2 aliphatic rings. The van der Waals surface area contributed by atoms with Gasteiger partial charge in [0.25, 0.3) is 0 Å². The molecule has 4 heteroatoms. The fraction of sp³-hybridized carbons (Fsp3) is 0.316. The molecule has 2 heterocycles. The van der Waals surface area contributed by atoms with Crippen LogP contribution in [0.5, 0.6) is 5.75 Å². The first-order valence-electron chi connectivity index (χ1n) is 7.92. The second-order valence-corrected chi connectivity index (χ2v) is 5.23. The molecule has 23 heavy (non-hydrogen) atoms. The highest BCUT2D eigenvalue weighted by atomic mass is 16.5. The zero-order valence-electron chi connectivity index (χ0n) is 13.7. The van der Waals surface area contributed by atoms with Gasteiger partial charge in [-0.3, -0.25) is 10.6 Å². The third-order valence-corrected chi connectivity index (χ3v) is 3.49. The third kappa shape index (κ3) is 5.93. The van der Waals surface area contributed by atoms with E-state index in [9.17, 15) is 0 Å². The summed E-state index contributed by atoms with van der Waals surface area (Å²) in [7, 11) is 0. The van der Waals surface area contributed by atoms with Crippen molar-refractivity contribution in [2.24, 2.45) is 0 Å². The highest BCUT2D eigenvalue weighted by molar-refractivity contribution is 5.38. The van der Waals surface area contributed by atoms with Crippen LogP contribution in [0.15, 0.2) is 54.3 Å². The Kier molecular flexibility index (Phi) is 7.43. The van der Waals surface area contributed by atoms with E-state index in [0.717, 1.165) is 30.8 Å². The number of allylic oxidation sites excluding steroid dienone is 3. The smallest absolute Gasteiger partial charge is 0.139 e. The van der Waals surface area contributed by atoms with Crippen molar-refractivity contribution in [3.8, 4) is 5.75 Å². The lowest BCUT2D eigenvalue weighted by Crippen LogP contribution is -2.25. The van der Waals surface area contributed by atoms with E-state index in [2.05, 4.69) is 42.7 Å². The number of ether oxygens (including phenoxy) is 2. The van der Waals surface area contributed by atoms with Crippen molar-refractivity contribution >= 4 is 0 Å². The first kappa shape index (κ1) is 17.3. The van der Waals surface area contributed by atoms with Gasteiger partial charge in [0.1, 0.15) is 19.2 Å². The molecule has 0 amide bonds. The Hall–Kier alpha value is -2.04. The molecule has 1 aromatic carbocycles. The minimum atomic E-state index is 0.614. The second-order valence-electron chi connectivity index (χ2n) is 5.23. The Bertz CT molecular complexity index is 577. The van der Waals surface area contributed by atoms with Crippen molar-refractivity contribution < 1.29 is 9.47 Å². The fourth-order valence-corrected chi connectivity index (χ4v) is 2.25. The summed E-state index contributed by atoms with van der Waals surface area (Å²) < 4.78 is 10.5. The van der Waals surface area contributed by atoms with Gasteiger partial charge in [-0.05, 0) is 25.0 Å². The Morgan fingerprint density at radius 2 is 2.04 bits per heavy atom. The normalized spacial score (nSPS) is 16.9. The topological polar surface area (TPSA) is 42.5 Å². The first-order chi connectivity index (χ1) is 11.3. The third-order valence-electron chi connectivity index (χ3n) is 3.49. The minimum Gasteiger partial charge on any atom is -0.486 e. The van der Waals surface area contributed by atoms with Gasteiger partial charge in [-0.25, -0.2) is 0 Å². The predicted molar refractivity (Wildman–Crippen MR) is 93.8 cm³/mol. The standard InChI is InChI=1S/C10H13NO.C9H12NO/c1-2-8-3-4-10-9(5-8)6-11-7-12-10;1-2-3-4-5-9-6-10-8-11-7-9/h3-5,11H,2,6-7H2,1H3;2-5,7,10H,1,6,8H2/b;3-2-,5-4-. The van der Waals surface area contributed by atoms with Gasteiger partial charge in [-0.2, -0.15) is 0 Å². The van der Waals surface area contributed by atoms with Crippen molar-refractivity contribution in [2.45, 2.75) is 19.9 Å². The highest BCUT2D eigenvalue weighted by Crippen LogP contribution is 2.22. The van der Waals surface area contributed by atoms with Gasteiger partial charge in [0.2, 0.25) is 0 Å². The maximum atomic E-state index is 5.41. The Morgan fingerprint density at radius 3 is 2.78 bits per heavy atom. The molecule has 0 aliphatic carbocycles. The van der Waals surface area contributed by atoms with Crippen LogP contribution in [0.1, 0.15) is 18.1 Å². The Balaban J connectivity index is 0.000000168. The number of benzene rings is 1. The SMILES string of the molecule is CCc1ccc2c(c1)CNCO2.[CH2]/C=C\C=C/C1=COCNC1. The van der Waals surface area contributed by atoms with Crippen molar-refractivity contribution in [3.05, 3.63) is 72.4 Å². The summed E-state index contributed by atoms with van der Waals surface area (Å²) >= 11 is 0. The van der Waals surface area contributed by atoms with E-state index in [-0.39, 0.29) is 0 Å². The van der Waals surface area contributed by atoms with E-state index >= 15 is 0 Å². The molecule has 0 atom stereocenters. The molecule has 2 aliphatic heterocycles. The number of nitrogens with one attached hydrogen (secondary N) is 2. The molecular weight excluding hydrogens is 288 g/mol. The lowest BCUT2D eigenvalue weighted by atomic mass is 10.1. The van der Waals surface area contributed by atoms with E-state index in [0.29, 0.717) is 13.5 Å². The highest BCUT2D eigenvalue weighted by Gasteiger charge is 2.08. The average Bonchev–Trinajstić information content (AvgIpc) is 2.63. The van der Waals surface area contributed by atoms with Crippen LogP contribution < -0.4 is 15.4 Å². The number of aryl methyl sites for hydroxylation is 1. The van der Waals surface area contributed by atoms with E-state index in [1.807, 2.05) is 18.2 Å². The molecule has 0 saturated carbocycles. The van der Waals surface area contributed by atoms with Crippen LogP contribution in [0.25, 0.3) is 0 Å². The van der Waals surface area contributed by atoms with Gasteiger partial charge < -0.3 is 9.47 Å². The Labute approximate surface area is 138 Å². The molecule has 3 rings (SSSR count). The molecular formula is C19H25N2O2. The molecule has 1 radical (unpaired) electrons. The minimum absolute atomic E-state index is 0.614. The van der Waals surface area contributed by atoms with Crippen LogP contribution in [0.4, 0.5) is 0 Å². The van der Waals surface area contributed by atoms with Crippen LogP contribution in [-0.4, -0.2) is 20.0 Å². The van der Waals surface area contributed by atoms with Gasteiger partial charge in [0, 0.05) is 24.2 Å². The fourth-order valence-electron chi connectivity index (χ4n) is 2.25. The molecule has 0 fully saturated rings. The van der Waals surface area contributed by atoms with E-state index in [1.165, 1.54) is 11.1 Å². The van der Waals surface area contributed by atoms with E-state index in [4.69, 9.17) is 9.47 Å². The van der Waals surface area contributed by atoms with Crippen molar-refractivity contribution in [3.63, 3.8) is 0 Å². The van der Waals surface area contributed by atoms with Gasteiger partial charge in [0.15, 0.2) is 0 Å². The number of hydrogen-bond donors (Lipinski definition) is 2. The van der Waals surface area contributed by atoms with E-state index in [1.54, 1.807) is 12.3 Å². The van der Waals surface area contributed by atoms with Crippen LogP contribution in [-0.2, 0) is 17.7 Å². The molecule has 0 bridgehead atoms. The van der Waals surface area contributed by atoms with Gasteiger partial charge >= 0.3 is 0 Å². The van der Waals surface area contributed by atoms with Gasteiger partial charge in [0.05, 0.1) is 6.26 Å². The summed E-state index contributed by atoms with van der Waals surface area (Å²) in [4.78, 5) is 0. The van der Waals surface area contributed by atoms with Crippen molar-refractivity contribution in [1.82, 2.24) is 10.6 Å². The number of hydrogen-bond acceptors (Lipinski definition) is 4. The summed E-state index contributed by atoms with van der Waals surface area (Å²) in [6.07, 6.45) is 10.4. The molecule has 0 spiro atoms. The van der Waals surface area contributed by atoms with Crippen molar-refractivity contribution in [1.29, 1.82) is 0 Å². The monoisotopic (exact) mass is 313 g/mol. The van der Waals surface area contributed by atoms with Crippen LogP contribution >= 0.6 is 0 Å².